The van der Waals surface area contributed by atoms with Crippen molar-refractivity contribution < 1.29 is 9.53 Å². The van der Waals surface area contributed by atoms with Crippen LogP contribution in [0.3, 0.4) is 0 Å². The Labute approximate surface area is 103 Å². The molecule has 0 amide bonds. The first kappa shape index (κ1) is 12.5. The van der Waals surface area contributed by atoms with Crippen LogP contribution in [0.5, 0.6) is 5.75 Å². The Hall–Kier alpha value is -0.540. The number of ketones is 1. The maximum Gasteiger partial charge on any atom is 0.179 e. The first-order valence-electron chi connectivity index (χ1n) is 4.67. The number of ether oxygens (including phenoxy) is 1. The molecule has 0 saturated carbocycles. The largest absolute Gasteiger partial charge is 0.493 e. The number of halogens is 2. The summed E-state index contributed by atoms with van der Waals surface area (Å²) in [6, 6.07) is 5.04. The molecule has 1 rings (SSSR count). The molecular formula is C11H12BrClO2. The molecule has 4 heteroatoms. The van der Waals surface area contributed by atoms with E-state index in [1.807, 2.05) is 6.92 Å². The summed E-state index contributed by atoms with van der Waals surface area (Å²) in [4.78, 5) is 11.6. The van der Waals surface area contributed by atoms with Crippen LogP contribution in [0.1, 0.15) is 24.2 Å². The zero-order valence-corrected chi connectivity index (χ0v) is 10.9. The summed E-state index contributed by atoms with van der Waals surface area (Å²) in [6.45, 7) is 4.16. The van der Waals surface area contributed by atoms with E-state index in [2.05, 4.69) is 15.9 Å². The van der Waals surface area contributed by atoms with Crippen LogP contribution in [-0.2, 0) is 0 Å². The predicted octanol–water partition coefficient (Wildman–Crippen LogP) is 3.70. The minimum atomic E-state index is -0.224. The molecule has 0 saturated heterocycles. The van der Waals surface area contributed by atoms with Crippen LogP contribution in [0.4, 0.5) is 0 Å². The van der Waals surface area contributed by atoms with E-state index in [9.17, 15) is 4.79 Å². The molecule has 1 aromatic rings. The Morgan fingerprint density at radius 1 is 1.60 bits per heavy atom. The Balaban J connectivity index is 3.10. The van der Waals surface area contributed by atoms with Gasteiger partial charge in [-0.25, -0.2) is 0 Å². The fourth-order valence-corrected chi connectivity index (χ4v) is 1.60. The number of benzene rings is 1. The fourth-order valence-electron chi connectivity index (χ4n) is 1.19. The lowest BCUT2D eigenvalue weighted by atomic mass is 10.1. The number of carbonyl (C=O) groups excluding carboxylic acids is 1. The summed E-state index contributed by atoms with van der Waals surface area (Å²) < 4.78 is 5.36. The van der Waals surface area contributed by atoms with E-state index in [-0.39, 0.29) is 10.6 Å². The Bertz CT molecular complexity index is 364. The second-order valence-corrected chi connectivity index (χ2v) is 4.86. The molecular weight excluding hydrogens is 279 g/mol. The Kier molecular flexibility index (Phi) is 4.61. The summed E-state index contributed by atoms with van der Waals surface area (Å²) in [5.74, 6) is 0.538. The number of hydrogen-bond donors (Lipinski definition) is 0. The van der Waals surface area contributed by atoms with Crippen LogP contribution in [0.25, 0.3) is 0 Å². The highest BCUT2D eigenvalue weighted by Crippen LogP contribution is 2.25. The Morgan fingerprint density at radius 2 is 2.27 bits per heavy atom. The first-order chi connectivity index (χ1) is 7.06. The lowest BCUT2D eigenvalue weighted by Gasteiger charge is -2.10. The number of rotatable bonds is 4. The summed E-state index contributed by atoms with van der Waals surface area (Å²) in [5.41, 5.74) is 0.561. The van der Waals surface area contributed by atoms with Crippen molar-refractivity contribution in [1.29, 1.82) is 0 Å². The normalized spacial score (nSPS) is 12.3. The number of carbonyl (C=O) groups is 1. The van der Waals surface area contributed by atoms with Crippen LogP contribution >= 0.6 is 27.5 Å². The molecule has 0 spiro atoms. The van der Waals surface area contributed by atoms with Crippen molar-refractivity contribution in [3.63, 3.8) is 0 Å². The third kappa shape index (κ3) is 3.21. The van der Waals surface area contributed by atoms with Crippen molar-refractivity contribution in [2.75, 3.05) is 6.61 Å². The van der Waals surface area contributed by atoms with Gasteiger partial charge in [-0.2, -0.15) is 0 Å². The minimum absolute atomic E-state index is 0.00452. The highest BCUT2D eigenvalue weighted by atomic mass is 79.9. The highest BCUT2D eigenvalue weighted by molar-refractivity contribution is 9.10. The van der Waals surface area contributed by atoms with E-state index >= 15 is 0 Å². The van der Waals surface area contributed by atoms with Gasteiger partial charge in [0.15, 0.2) is 5.78 Å². The molecule has 15 heavy (non-hydrogen) atoms. The lowest BCUT2D eigenvalue weighted by molar-refractivity contribution is 0.0992. The van der Waals surface area contributed by atoms with Crippen molar-refractivity contribution in [3.05, 3.63) is 28.8 Å². The van der Waals surface area contributed by atoms with Crippen LogP contribution in [0.2, 0.25) is 5.02 Å². The molecule has 0 radical (unpaired) electrons. The van der Waals surface area contributed by atoms with Crippen LogP contribution in [0.15, 0.2) is 18.2 Å². The molecule has 0 bridgehead atoms. The van der Waals surface area contributed by atoms with Gasteiger partial charge in [-0.3, -0.25) is 4.79 Å². The van der Waals surface area contributed by atoms with Gasteiger partial charge in [0.1, 0.15) is 5.75 Å². The summed E-state index contributed by atoms with van der Waals surface area (Å²) in [7, 11) is 0. The monoisotopic (exact) mass is 290 g/mol. The molecule has 0 fully saturated rings. The van der Waals surface area contributed by atoms with E-state index < -0.39 is 0 Å². The molecule has 0 aromatic heterocycles. The van der Waals surface area contributed by atoms with Crippen molar-refractivity contribution in [3.8, 4) is 5.75 Å². The summed E-state index contributed by atoms with van der Waals surface area (Å²) in [6.07, 6.45) is 0. The second kappa shape index (κ2) is 5.52. The quantitative estimate of drug-likeness (QED) is 0.624. The molecule has 1 atom stereocenters. The standard InChI is InChI=1S/C11H12BrClO2/c1-3-15-10-6-8(13)4-5-9(10)11(14)7(2)12/h4-7H,3H2,1-2H3. The third-order valence-electron chi connectivity index (χ3n) is 1.87. The van der Waals surface area contributed by atoms with Crippen molar-refractivity contribution in [2.24, 2.45) is 0 Å². The zero-order valence-electron chi connectivity index (χ0n) is 8.59. The van der Waals surface area contributed by atoms with Crippen LogP contribution < -0.4 is 4.74 Å². The fraction of sp³-hybridized carbons (Fsp3) is 0.364. The molecule has 0 aliphatic carbocycles. The second-order valence-electron chi connectivity index (χ2n) is 3.05. The average Bonchev–Trinajstić information content (AvgIpc) is 2.17. The highest BCUT2D eigenvalue weighted by Gasteiger charge is 2.16. The number of alkyl halides is 1. The molecule has 0 aliphatic heterocycles. The van der Waals surface area contributed by atoms with Crippen LogP contribution in [0, 0.1) is 0 Å². The molecule has 1 aromatic carbocycles. The van der Waals surface area contributed by atoms with Gasteiger partial charge in [0.05, 0.1) is 17.0 Å². The van der Waals surface area contributed by atoms with Crippen molar-refractivity contribution in [1.82, 2.24) is 0 Å². The Morgan fingerprint density at radius 3 is 2.80 bits per heavy atom. The molecule has 2 nitrogen and oxygen atoms in total. The van der Waals surface area contributed by atoms with E-state index in [1.54, 1.807) is 25.1 Å². The molecule has 1 unspecified atom stereocenters. The van der Waals surface area contributed by atoms with Gasteiger partial charge < -0.3 is 4.74 Å². The minimum Gasteiger partial charge on any atom is -0.493 e. The van der Waals surface area contributed by atoms with E-state index in [1.165, 1.54) is 0 Å². The van der Waals surface area contributed by atoms with Gasteiger partial charge in [0.25, 0.3) is 0 Å². The van der Waals surface area contributed by atoms with Crippen molar-refractivity contribution in [2.45, 2.75) is 18.7 Å². The van der Waals surface area contributed by atoms with E-state index in [0.29, 0.717) is 22.9 Å². The molecule has 82 valence electrons. The smallest absolute Gasteiger partial charge is 0.179 e. The zero-order chi connectivity index (χ0) is 11.4. The average molecular weight is 292 g/mol. The van der Waals surface area contributed by atoms with Crippen LogP contribution in [-0.4, -0.2) is 17.2 Å². The molecule has 0 heterocycles. The van der Waals surface area contributed by atoms with E-state index in [4.69, 9.17) is 16.3 Å². The topological polar surface area (TPSA) is 26.3 Å². The van der Waals surface area contributed by atoms with Gasteiger partial charge in [0, 0.05) is 5.02 Å². The number of hydrogen-bond acceptors (Lipinski definition) is 2. The first-order valence-corrected chi connectivity index (χ1v) is 5.96. The SMILES string of the molecule is CCOc1cc(Cl)ccc1C(=O)C(C)Br. The maximum absolute atomic E-state index is 11.8. The molecule has 0 aliphatic rings. The van der Waals surface area contributed by atoms with Gasteiger partial charge in [-0.05, 0) is 32.0 Å². The van der Waals surface area contributed by atoms with Gasteiger partial charge in [0.2, 0.25) is 0 Å². The lowest BCUT2D eigenvalue weighted by Crippen LogP contribution is -2.12. The van der Waals surface area contributed by atoms with Crippen molar-refractivity contribution >= 4 is 33.3 Å². The van der Waals surface area contributed by atoms with Gasteiger partial charge in [-0.15, -0.1) is 0 Å². The summed E-state index contributed by atoms with van der Waals surface area (Å²) >= 11 is 9.08. The van der Waals surface area contributed by atoms with E-state index in [0.717, 1.165) is 0 Å². The number of Topliss-reactive ketones (excluding diaryl/α,β-unsaturated/α-hetero) is 1. The third-order valence-corrected chi connectivity index (χ3v) is 2.52. The van der Waals surface area contributed by atoms with Gasteiger partial charge in [-0.1, -0.05) is 27.5 Å². The summed E-state index contributed by atoms with van der Waals surface area (Å²) in [5, 5.41) is 0.567. The maximum atomic E-state index is 11.8. The van der Waals surface area contributed by atoms with Gasteiger partial charge >= 0.3 is 0 Å². The molecule has 0 N–H and O–H groups in total. The predicted molar refractivity (Wildman–Crippen MR) is 65.3 cm³/mol.